The van der Waals surface area contributed by atoms with Crippen molar-refractivity contribution in [3.05, 3.63) is 51.9 Å². The Labute approximate surface area is 130 Å². The summed E-state index contributed by atoms with van der Waals surface area (Å²) in [6.07, 6.45) is 0. The fourth-order valence-electron chi connectivity index (χ4n) is 1.49. The van der Waals surface area contributed by atoms with Gasteiger partial charge in [0.25, 0.3) is 0 Å². The van der Waals surface area contributed by atoms with Crippen molar-refractivity contribution in [1.29, 1.82) is 0 Å². The van der Waals surface area contributed by atoms with E-state index < -0.39 is 5.97 Å². The van der Waals surface area contributed by atoms with E-state index in [-0.39, 0.29) is 16.0 Å². The fraction of sp³-hybridized carbons (Fsp3) is 0.154. The molecule has 0 radical (unpaired) electrons. The highest BCUT2D eigenvalue weighted by Crippen LogP contribution is 2.29. The number of carbonyl (C=O) groups is 1. The molecule has 20 heavy (non-hydrogen) atoms. The van der Waals surface area contributed by atoms with Gasteiger partial charge in [-0.05, 0) is 17.2 Å². The topological polar surface area (TPSA) is 52.1 Å². The van der Waals surface area contributed by atoms with Crippen LogP contribution in [0.2, 0.25) is 10.4 Å². The van der Waals surface area contributed by atoms with Gasteiger partial charge < -0.3 is 4.74 Å². The van der Waals surface area contributed by atoms with E-state index in [4.69, 9.17) is 23.2 Å². The monoisotopic (exact) mass is 328 g/mol. The van der Waals surface area contributed by atoms with Gasteiger partial charge in [-0.3, -0.25) is 0 Å². The molecule has 2 aromatic rings. The molecule has 0 aliphatic heterocycles. The minimum Gasteiger partial charge on any atom is -0.465 e. The maximum atomic E-state index is 11.7. The van der Waals surface area contributed by atoms with Crippen LogP contribution in [0.5, 0.6) is 0 Å². The van der Waals surface area contributed by atoms with Crippen LogP contribution in [0.15, 0.2) is 35.4 Å². The largest absolute Gasteiger partial charge is 0.465 e. The smallest absolute Gasteiger partial charge is 0.343 e. The number of hydrogen-bond acceptors (Lipinski definition) is 5. The molecule has 0 amide bonds. The van der Waals surface area contributed by atoms with Gasteiger partial charge in [0.05, 0.1) is 7.11 Å². The van der Waals surface area contributed by atoms with Crippen molar-refractivity contribution >= 4 is 40.9 Å². The Hall–Kier alpha value is -1.30. The average molecular weight is 329 g/mol. The highest BCUT2D eigenvalue weighted by molar-refractivity contribution is 7.98. The molecular formula is C13H10Cl2N2O2S. The number of halogens is 2. The van der Waals surface area contributed by atoms with E-state index in [1.807, 2.05) is 30.3 Å². The average Bonchev–Trinajstić information content (AvgIpc) is 2.45. The molecule has 0 N–H and O–H groups in total. The number of rotatable bonds is 4. The van der Waals surface area contributed by atoms with Gasteiger partial charge in [-0.25, -0.2) is 14.8 Å². The summed E-state index contributed by atoms with van der Waals surface area (Å²) in [4.78, 5) is 19.5. The maximum absolute atomic E-state index is 11.7. The van der Waals surface area contributed by atoms with Crippen molar-refractivity contribution in [2.24, 2.45) is 0 Å². The summed E-state index contributed by atoms with van der Waals surface area (Å²) < 4.78 is 4.69. The van der Waals surface area contributed by atoms with E-state index in [0.29, 0.717) is 10.8 Å². The SMILES string of the molecule is COC(=O)c1c(Cl)nc(Cl)nc1SCc1ccccc1. The molecule has 1 aromatic carbocycles. The first kappa shape index (κ1) is 15.1. The summed E-state index contributed by atoms with van der Waals surface area (Å²) in [5, 5.41) is 0.399. The Kier molecular flexibility index (Phi) is 5.23. The molecule has 0 atom stereocenters. The number of nitrogens with zero attached hydrogens (tertiary/aromatic N) is 2. The first-order valence-electron chi connectivity index (χ1n) is 5.60. The van der Waals surface area contributed by atoms with Crippen LogP contribution in [0.25, 0.3) is 0 Å². The van der Waals surface area contributed by atoms with Crippen LogP contribution in [0, 0.1) is 0 Å². The van der Waals surface area contributed by atoms with Gasteiger partial charge in [0.15, 0.2) is 0 Å². The predicted octanol–water partition coefficient (Wildman–Crippen LogP) is 3.86. The van der Waals surface area contributed by atoms with Crippen LogP contribution < -0.4 is 0 Å². The summed E-state index contributed by atoms with van der Waals surface area (Å²) >= 11 is 13.1. The second-order valence-electron chi connectivity index (χ2n) is 3.73. The van der Waals surface area contributed by atoms with E-state index in [1.54, 1.807) is 0 Å². The van der Waals surface area contributed by atoms with Crippen molar-refractivity contribution in [2.75, 3.05) is 7.11 Å². The molecule has 0 unspecified atom stereocenters. The molecule has 4 nitrogen and oxygen atoms in total. The van der Waals surface area contributed by atoms with Gasteiger partial charge in [-0.1, -0.05) is 41.9 Å². The Morgan fingerprint density at radius 2 is 1.95 bits per heavy atom. The lowest BCUT2D eigenvalue weighted by molar-refractivity contribution is 0.0595. The summed E-state index contributed by atoms with van der Waals surface area (Å²) in [5.41, 5.74) is 1.23. The number of benzene rings is 1. The lowest BCUT2D eigenvalue weighted by atomic mass is 10.2. The molecule has 1 aromatic heterocycles. The Bertz CT molecular complexity index is 623. The van der Waals surface area contributed by atoms with Crippen LogP contribution in [-0.4, -0.2) is 23.0 Å². The van der Waals surface area contributed by atoms with E-state index in [2.05, 4.69) is 14.7 Å². The van der Waals surface area contributed by atoms with Gasteiger partial charge in [-0.2, -0.15) is 0 Å². The lowest BCUT2D eigenvalue weighted by Crippen LogP contribution is -2.07. The molecule has 104 valence electrons. The van der Waals surface area contributed by atoms with Crippen molar-refractivity contribution in [3.8, 4) is 0 Å². The molecule has 0 saturated carbocycles. The molecule has 0 aliphatic carbocycles. The van der Waals surface area contributed by atoms with Gasteiger partial charge in [0.2, 0.25) is 5.28 Å². The van der Waals surface area contributed by atoms with Crippen LogP contribution in [0.3, 0.4) is 0 Å². The first-order chi connectivity index (χ1) is 9.61. The summed E-state index contributed by atoms with van der Waals surface area (Å²) in [6, 6.07) is 9.78. The first-order valence-corrected chi connectivity index (χ1v) is 7.34. The molecular weight excluding hydrogens is 319 g/mol. The van der Waals surface area contributed by atoms with Crippen molar-refractivity contribution in [2.45, 2.75) is 10.8 Å². The minimum atomic E-state index is -0.581. The zero-order valence-electron chi connectivity index (χ0n) is 10.5. The lowest BCUT2D eigenvalue weighted by Gasteiger charge is -2.08. The highest BCUT2D eigenvalue weighted by Gasteiger charge is 2.20. The quantitative estimate of drug-likeness (QED) is 0.369. The molecule has 7 heteroatoms. The van der Waals surface area contributed by atoms with Gasteiger partial charge >= 0.3 is 5.97 Å². The third kappa shape index (κ3) is 3.62. The van der Waals surface area contributed by atoms with E-state index in [1.165, 1.54) is 18.9 Å². The van der Waals surface area contributed by atoms with Crippen molar-refractivity contribution in [3.63, 3.8) is 0 Å². The molecule has 2 rings (SSSR count). The molecule has 0 spiro atoms. The standard InChI is InChI=1S/C13H10Cl2N2O2S/c1-19-12(18)9-10(14)16-13(15)17-11(9)20-7-8-5-3-2-4-6-8/h2-6H,7H2,1H3. The molecule has 0 fully saturated rings. The fourth-order valence-corrected chi connectivity index (χ4v) is 3.03. The van der Waals surface area contributed by atoms with Crippen LogP contribution in [0.1, 0.15) is 15.9 Å². The Morgan fingerprint density at radius 3 is 2.60 bits per heavy atom. The predicted molar refractivity (Wildman–Crippen MR) is 79.4 cm³/mol. The molecule has 0 aliphatic rings. The molecule has 0 saturated heterocycles. The number of hydrogen-bond donors (Lipinski definition) is 0. The van der Waals surface area contributed by atoms with Crippen LogP contribution in [0.4, 0.5) is 0 Å². The number of ether oxygens (including phenoxy) is 1. The second kappa shape index (κ2) is 6.92. The zero-order valence-corrected chi connectivity index (χ0v) is 12.8. The highest BCUT2D eigenvalue weighted by atomic mass is 35.5. The maximum Gasteiger partial charge on any atom is 0.343 e. The third-order valence-electron chi connectivity index (χ3n) is 2.41. The Balaban J connectivity index is 2.28. The summed E-state index contributed by atoms with van der Waals surface area (Å²) in [7, 11) is 1.28. The normalized spacial score (nSPS) is 10.3. The Morgan fingerprint density at radius 1 is 1.25 bits per heavy atom. The van der Waals surface area contributed by atoms with E-state index >= 15 is 0 Å². The van der Waals surface area contributed by atoms with Gasteiger partial charge in [0, 0.05) is 5.75 Å². The van der Waals surface area contributed by atoms with Crippen molar-refractivity contribution < 1.29 is 9.53 Å². The van der Waals surface area contributed by atoms with Gasteiger partial charge in [-0.15, -0.1) is 11.8 Å². The number of esters is 1. The van der Waals surface area contributed by atoms with Crippen molar-refractivity contribution in [1.82, 2.24) is 9.97 Å². The molecule has 1 heterocycles. The molecule has 0 bridgehead atoms. The van der Waals surface area contributed by atoms with Gasteiger partial charge in [0.1, 0.15) is 15.7 Å². The van der Waals surface area contributed by atoms with E-state index in [9.17, 15) is 4.79 Å². The summed E-state index contributed by atoms with van der Waals surface area (Å²) in [6.45, 7) is 0. The minimum absolute atomic E-state index is 0.00165. The number of aromatic nitrogens is 2. The van der Waals surface area contributed by atoms with Crippen LogP contribution in [-0.2, 0) is 10.5 Å². The van der Waals surface area contributed by atoms with Crippen LogP contribution >= 0.6 is 35.0 Å². The number of carbonyl (C=O) groups excluding carboxylic acids is 1. The second-order valence-corrected chi connectivity index (χ2v) is 5.39. The van der Waals surface area contributed by atoms with E-state index in [0.717, 1.165) is 5.56 Å². The zero-order chi connectivity index (χ0) is 14.5. The number of methoxy groups -OCH3 is 1. The number of thioether (sulfide) groups is 1. The third-order valence-corrected chi connectivity index (χ3v) is 3.90. The summed E-state index contributed by atoms with van der Waals surface area (Å²) in [5.74, 6) is 0.0522.